The number of urea groups is 1. The number of imidazole rings is 1. The Morgan fingerprint density at radius 1 is 1.35 bits per heavy atom. The topological polar surface area (TPSA) is 67.7 Å². The Balaban J connectivity index is 1.58. The molecule has 6 nitrogen and oxygen atoms in total. The SMILES string of the molecule is COc1ccc(C(C)NC(=O)NCc2cn3cc(Cl)ccc3n2)cc1F. The normalized spacial score (nSPS) is 12.0. The van der Waals surface area contributed by atoms with E-state index in [1.165, 1.54) is 19.2 Å². The molecule has 0 spiro atoms. The standard InChI is InChI=1S/C18H18ClFN4O2/c1-11(12-3-5-16(26-2)15(20)7-12)22-18(25)21-8-14-10-24-9-13(19)4-6-17(24)23-14/h3-7,9-11H,8H2,1-2H3,(H2,21,22,25). The molecule has 2 amide bonds. The molecular formula is C18H18ClFN4O2. The highest BCUT2D eigenvalue weighted by Crippen LogP contribution is 2.21. The zero-order valence-corrected chi connectivity index (χ0v) is 15.0. The molecule has 2 aromatic heterocycles. The number of hydrogen-bond acceptors (Lipinski definition) is 3. The van der Waals surface area contributed by atoms with Crippen molar-refractivity contribution in [2.45, 2.75) is 19.5 Å². The molecule has 8 heteroatoms. The molecule has 0 saturated heterocycles. The van der Waals surface area contributed by atoms with E-state index in [2.05, 4.69) is 15.6 Å². The summed E-state index contributed by atoms with van der Waals surface area (Å²) in [5.41, 5.74) is 2.08. The summed E-state index contributed by atoms with van der Waals surface area (Å²) in [6, 6.07) is 7.39. The number of rotatable bonds is 5. The zero-order chi connectivity index (χ0) is 18.7. The van der Waals surface area contributed by atoms with Gasteiger partial charge in [-0.25, -0.2) is 14.2 Å². The maximum absolute atomic E-state index is 13.8. The molecule has 26 heavy (non-hydrogen) atoms. The summed E-state index contributed by atoms with van der Waals surface area (Å²) in [4.78, 5) is 16.5. The third-order valence-electron chi connectivity index (χ3n) is 3.92. The van der Waals surface area contributed by atoms with Crippen LogP contribution in [0.3, 0.4) is 0 Å². The minimum absolute atomic E-state index is 0.164. The molecular weight excluding hydrogens is 359 g/mol. The van der Waals surface area contributed by atoms with Gasteiger partial charge in [0, 0.05) is 12.4 Å². The van der Waals surface area contributed by atoms with E-state index < -0.39 is 5.82 Å². The summed E-state index contributed by atoms with van der Waals surface area (Å²) in [6.07, 6.45) is 3.54. The second kappa shape index (κ2) is 7.61. The molecule has 2 N–H and O–H groups in total. The van der Waals surface area contributed by atoms with E-state index in [1.807, 2.05) is 0 Å². The van der Waals surface area contributed by atoms with Gasteiger partial charge in [-0.2, -0.15) is 0 Å². The van der Waals surface area contributed by atoms with Gasteiger partial charge in [-0.3, -0.25) is 0 Å². The fraction of sp³-hybridized carbons (Fsp3) is 0.222. The number of halogens is 2. The fourth-order valence-corrected chi connectivity index (χ4v) is 2.72. The van der Waals surface area contributed by atoms with Gasteiger partial charge in [0.2, 0.25) is 0 Å². The maximum Gasteiger partial charge on any atom is 0.315 e. The summed E-state index contributed by atoms with van der Waals surface area (Å²) in [6.45, 7) is 2.03. The molecule has 136 valence electrons. The Labute approximate surface area is 154 Å². The van der Waals surface area contributed by atoms with Crippen molar-refractivity contribution in [1.29, 1.82) is 0 Å². The van der Waals surface area contributed by atoms with Crippen LogP contribution in [0.25, 0.3) is 5.65 Å². The van der Waals surface area contributed by atoms with Crippen molar-refractivity contribution in [1.82, 2.24) is 20.0 Å². The molecule has 2 heterocycles. The predicted molar refractivity (Wildman–Crippen MR) is 96.9 cm³/mol. The Hall–Kier alpha value is -2.80. The number of ether oxygens (including phenoxy) is 1. The molecule has 3 aromatic rings. The molecule has 0 aliphatic heterocycles. The van der Waals surface area contributed by atoms with Crippen LogP contribution in [-0.4, -0.2) is 22.5 Å². The summed E-state index contributed by atoms with van der Waals surface area (Å²) in [5.74, 6) is -0.306. The first-order valence-electron chi connectivity index (χ1n) is 7.97. The van der Waals surface area contributed by atoms with Crippen LogP contribution in [0.1, 0.15) is 24.2 Å². The number of amides is 2. The minimum Gasteiger partial charge on any atom is -0.494 e. The van der Waals surface area contributed by atoms with Crippen LogP contribution in [0.15, 0.2) is 42.7 Å². The van der Waals surface area contributed by atoms with Gasteiger partial charge in [0.15, 0.2) is 11.6 Å². The number of methoxy groups -OCH3 is 1. The smallest absolute Gasteiger partial charge is 0.315 e. The van der Waals surface area contributed by atoms with E-state index in [4.69, 9.17) is 16.3 Å². The zero-order valence-electron chi connectivity index (χ0n) is 14.3. The highest BCUT2D eigenvalue weighted by atomic mass is 35.5. The summed E-state index contributed by atoms with van der Waals surface area (Å²) in [5, 5.41) is 6.10. The van der Waals surface area contributed by atoms with Gasteiger partial charge in [-0.05, 0) is 36.8 Å². The van der Waals surface area contributed by atoms with Crippen LogP contribution in [0.4, 0.5) is 9.18 Å². The quantitative estimate of drug-likeness (QED) is 0.713. The Morgan fingerprint density at radius 2 is 2.15 bits per heavy atom. The van der Waals surface area contributed by atoms with Gasteiger partial charge in [0.25, 0.3) is 0 Å². The van der Waals surface area contributed by atoms with Gasteiger partial charge >= 0.3 is 6.03 Å². The van der Waals surface area contributed by atoms with Crippen LogP contribution in [0.2, 0.25) is 5.02 Å². The van der Waals surface area contributed by atoms with Crippen molar-refractivity contribution in [2.75, 3.05) is 7.11 Å². The number of benzene rings is 1. The Kier molecular flexibility index (Phi) is 5.27. The average Bonchev–Trinajstić information content (AvgIpc) is 3.01. The number of fused-ring (bicyclic) bond motifs is 1. The lowest BCUT2D eigenvalue weighted by Crippen LogP contribution is -2.36. The van der Waals surface area contributed by atoms with E-state index >= 15 is 0 Å². The van der Waals surface area contributed by atoms with E-state index in [1.54, 1.807) is 41.9 Å². The van der Waals surface area contributed by atoms with Gasteiger partial charge in [-0.15, -0.1) is 0 Å². The molecule has 0 radical (unpaired) electrons. The summed E-state index contributed by atoms with van der Waals surface area (Å²) < 4.78 is 20.5. The largest absolute Gasteiger partial charge is 0.494 e. The average molecular weight is 377 g/mol. The maximum atomic E-state index is 13.8. The van der Waals surface area contributed by atoms with Crippen LogP contribution in [0.5, 0.6) is 5.75 Å². The molecule has 0 aliphatic rings. The number of nitrogens with zero attached hydrogens (tertiary/aromatic N) is 2. The van der Waals surface area contributed by atoms with Crippen molar-refractivity contribution >= 4 is 23.3 Å². The van der Waals surface area contributed by atoms with Crippen LogP contribution >= 0.6 is 11.6 Å². The van der Waals surface area contributed by atoms with Crippen LogP contribution in [-0.2, 0) is 6.54 Å². The first-order chi connectivity index (χ1) is 12.5. The second-order valence-corrected chi connectivity index (χ2v) is 6.22. The van der Waals surface area contributed by atoms with Crippen LogP contribution < -0.4 is 15.4 Å². The van der Waals surface area contributed by atoms with Crippen LogP contribution in [0, 0.1) is 5.82 Å². The third kappa shape index (κ3) is 4.05. The van der Waals surface area contributed by atoms with Crippen molar-refractivity contribution in [3.05, 3.63) is 64.8 Å². The highest BCUT2D eigenvalue weighted by Gasteiger charge is 2.12. The monoisotopic (exact) mass is 376 g/mol. The first kappa shape index (κ1) is 18.0. The number of carbonyl (C=O) groups is 1. The number of hydrogen-bond donors (Lipinski definition) is 2. The molecule has 0 aliphatic carbocycles. The molecule has 1 aromatic carbocycles. The number of pyridine rings is 1. The van der Waals surface area contributed by atoms with E-state index in [0.717, 1.165) is 5.65 Å². The van der Waals surface area contributed by atoms with Gasteiger partial charge < -0.3 is 19.8 Å². The number of nitrogens with one attached hydrogen (secondary N) is 2. The Morgan fingerprint density at radius 3 is 2.88 bits per heavy atom. The van der Waals surface area contributed by atoms with Crippen molar-refractivity contribution in [3.63, 3.8) is 0 Å². The highest BCUT2D eigenvalue weighted by molar-refractivity contribution is 6.30. The van der Waals surface area contributed by atoms with Gasteiger partial charge in [0.1, 0.15) is 5.65 Å². The fourth-order valence-electron chi connectivity index (χ4n) is 2.56. The molecule has 1 unspecified atom stereocenters. The molecule has 0 fully saturated rings. The second-order valence-electron chi connectivity index (χ2n) is 5.79. The molecule has 0 saturated carbocycles. The van der Waals surface area contributed by atoms with Crippen molar-refractivity contribution < 1.29 is 13.9 Å². The minimum atomic E-state index is -0.470. The van der Waals surface area contributed by atoms with Crippen molar-refractivity contribution in [3.8, 4) is 5.75 Å². The lowest BCUT2D eigenvalue weighted by Gasteiger charge is -2.15. The predicted octanol–water partition coefficient (Wildman–Crippen LogP) is 3.70. The number of aromatic nitrogens is 2. The van der Waals surface area contributed by atoms with E-state index in [9.17, 15) is 9.18 Å². The van der Waals surface area contributed by atoms with E-state index in [0.29, 0.717) is 16.3 Å². The molecule has 3 rings (SSSR count). The van der Waals surface area contributed by atoms with Gasteiger partial charge in [0.05, 0.1) is 30.4 Å². The lowest BCUT2D eigenvalue weighted by atomic mass is 10.1. The first-order valence-corrected chi connectivity index (χ1v) is 8.35. The molecule has 1 atom stereocenters. The lowest BCUT2D eigenvalue weighted by molar-refractivity contribution is 0.237. The van der Waals surface area contributed by atoms with E-state index in [-0.39, 0.29) is 24.4 Å². The number of carbonyl (C=O) groups excluding carboxylic acids is 1. The molecule has 0 bridgehead atoms. The third-order valence-corrected chi connectivity index (χ3v) is 4.14. The Bertz CT molecular complexity index is 944. The van der Waals surface area contributed by atoms with Gasteiger partial charge in [-0.1, -0.05) is 17.7 Å². The summed E-state index contributed by atoms with van der Waals surface area (Å²) in [7, 11) is 1.40. The van der Waals surface area contributed by atoms with Crippen molar-refractivity contribution in [2.24, 2.45) is 0 Å². The summed E-state index contributed by atoms with van der Waals surface area (Å²) >= 11 is 5.94.